The minimum atomic E-state index is -0.544. The molecule has 1 aromatic carbocycles. The predicted octanol–water partition coefficient (Wildman–Crippen LogP) is 2.20. The average Bonchev–Trinajstić information content (AvgIpc) is 2.35. The molecule has 0 aliphatic carbocycles. The van der Waals surface area contributed by atoms with Crippen LogP contribution in [0.2, 0.25) is 0 Å². The molecular formula is C14H20FN3O2S. The lowest BCUT2D eigenvalue weighted by atomic mass is 10.2. The fourth-order valence-corrected chi connectivity index (χ4v) is 1.73. The van der Waals surface area contributed by atoms with E-state index in [4.69, 9.17) is 22.7 Å². The lowest BCUT2D eigenvalue weighted by Gasteiger charge is -2.19. The van der Waals surface area contributed by atoms with E-state index in [1.807, 2.05) is 0 Å². The summed E-state index contributed by atoms with van der Waals surface area (Å²) in [6.45, 7) is 6.00. The number of halogens is 1. The molecule has 0 radical (unpaired) electrons. The SMILES string of the molecule is CC(C)(C)OC(=O)NCCNC(=S)c1cc(N)ccc1F. The van der Waals surface area contributed by atoms with Gasteiger partial charge in [0.25, 0.3) is 0 Å². The standard InChI is InChI=1S/C14H20FN3O2S/c1-14(2,3)20-13(19)18-7-6-17-12(21)10-8-9(16)4-5-11(10)15/h4-5,8H,6-7,16H2,1-3H3,(H,17,21)(H,18,19). The zero-order valence-corrected chi connectivity index (χ0v) is 13.1. The van der Waals surface area contributed by atoms with Crippen molar-refractivity contribution in [1.29, 1.82) is 0 Å². The summed E-state index contributed by atoms with van der Waals surface area (Å²) in [5.41, 5.74) is 5.72. The molecule has 4 N–H and O–H groups in total. The van der Waals surface area contributed by atoms with Gasteiger partial charge in [-0.2, -0.15) is 0 Å². The van der Waals surface area contributed by atoms with Crippen LogP contribution in [0.1, 0.15) is 26.3 Å². The van der Waals surface area contributed by atoms with Gasteiger partial charge in [-0.15, -0.1) is 0 Å². The van der Waals surface area contributed by atoms with Crippen LogP contribution < -0.4 is 16.4 Å². The maximum absolute atomic E-state index is 13.6. The average molecular weight is 313 g/mol. The van der Waals surface area contributed by atoms with Gasteiger partial charge in [-0.05, 0) is 39.0 Å². The van der Waals surface area contributed by atoms with E-state index >= 15 is 0 Å². The van der Waals surface area contributed by atoms with Gasteiger partial charge < -0.3 is 21.1 Å². The summed E-state index contributed by atoms with van der Waals surface area (Å²) in [5, 5.41) is 5.42. The molecule has 7 heteroatoms. The van der Waals surface area contributed by atoms with E-state index in [0.717, 1.165) is 0 Å². The quantitative estimate of drug-likeness (QED) is 0.451. The van der Waals surface area contributed by atoms with Crippen molar-refractivity contribution in [3.63, 3.8) is 0 Å². The molecule has 0 bridgehead atoms. The van der Waals surface area contributed by atoms with Crippen molar-refractivity contribution >= 4 is 29.0 Å². The molecular weight excluding hydrogens is 293 g/mol. The third kappa shape index (κ3) is 6.40. The van der Waals surface area contributed by atoms with Crippen LogP contribution in [0.15, 0.2) is 18.2 Å². The van der Waals surface area contributed by atoms with Gasteiger partial charge >= 0.3 is 6.09 Å². The highest BCUT2D eigenvalue weighted by molar-refractivity contribution is 7.80. The maximum atomic E-state index is 13.6. The van der Waals surface area contributed by atoms with Crippen molar-refractivity contribution in [2.24, 2.45) is 0 Å². The highest BCUT2D eigenvalue weighted by Crippen LogP contribution is 2.12. The molecule has 0 aliphatic heterocycles. The first-order chi connectivity index (χ1) is 9.69. The summed E-state index contributed by atoms with van der Waals surface area (Å²) in [4.78, 5) is 11.6. The third-order valence-electron chi connectivity index (χ3n) is 2.31. The number of ether oxygens (including phenoxy) is 1. The van der Waals surface area contributed by atoms with Gasteiger partial charge in [0.05, 0.1) is 0 Å². The molecule has 0 aromatic heterocycles. The van der Waals surface area contributed by atoms with Gasteiger partial charge in [0.1, 0.15) is 16.4 Å². The molecule has 1 rings (SSSR count). The largest absolute Gasteiger partial charge is 0.444 e. The van der Waals surface area contributed by atoms with E-state index in [-0.39, 0.29) is 10.6 Å². The fourth-order valence-electron chi connectivity index (χ4n) is 1.47. The number of rotatable bonds is 4. The number of anilines is 1. The second-order valence-electron chi connectivity index (χ2n) is 5.42. The first-order valence-corrected chi connectivity index (χ1v) is 6.90. The molecule has 1 aromatic rings. The van der Waals surface area contributed by atoms with E-state index in [0.29, 0.717) is 18.8 Å². The van der Waals surface area contributed by atoms with E-state index in [9.17, 15) is 9.18 Å². The summed E-state index contributed by atoms with van der Waals surface area (Å²) in [6.07, 6.45) is -0.509. The normalized spacial score (nSPS) is 10.9. The van der Waals surface area contributed by atoms with E-state index in [2.05, 4.69) is 10.6 Å². The van der Waals surface area contributed by atoms with Gasteiger partial charge in [-0.1, -0.05) is 12.2 Å². The maximum Gasteiger partial charge on any atom is 0.407 e. The Kier molecular flexibility index (Phi) is 5.90. The number of hydrogen-bond donors (Lipinski definition) is 3. The number of amides is 1. The van der Waals surface area contributed by atoms with Crippen molar-refractivity contribution < 1.29 is 13.9 Å². The van der Waals surface area contributed by atoms with Gasteiger partial charge in [-0.25, -0.2) is 9.18 Å². The molecule has 0 spiro atoms. The smallest absolute Gasteiger partial charge is 0.407 e. The molecule has 5 nitrogen and oxygen atoms in total. The molecule has 116 valence electrons. The van der Waals surface area contributed by atoms with E-state index in [1.165, 1.54) is 18.2 Å². The van der Waals surface area contributed by atoms with Gasteiger partial charge in [0.2, 0.25) is 0 Å². The molecule has 0 atom stereocenters. The Hall–Kier alpha value is -1.89. The summed E-state index contributed by atoms with van der Waals surface area (Å²) in [5.74, 6) is -0.443. The fraction of sp³-hybridized carbons (Fsp3) is 0.429. The molecule has 0 saturated heterocycles. The number of nitrogens with two attached hydrogens (primary N) is 1. The van der Waals surface area contributed by atoms with Gasteiger partial charge in [0, 0.05) is 24.3 Å². The molecule has 0 fully saturated rings. The number of thiocarbonyl (C=S) groups is 1. The first kappa shape index (κ1) is 17.2. The molecule has 0 aliphatic rings. The Morgan fingerprint density at radius 2 is 1.95 bits per heavy atom. The topological polar surface area (TPSA) is 76.4 Å². The van der Waals surface area contributed by atoms with Crippen molar-refractivity contribution in [3.05, 3.63) is 29.6 Å². The summed E-state index contributed by atoms with van der Waals surface area (Å²) in [7, 11) is 0. The molecule has 0 unspecified atom stereocenters. The highest BCUT2D eigenvalue weighted by Gasteiger charge is 2.15. The van der Waals surface area contributed by atoms with E-state index < -0.39 is 17.5 Å². The first-order valence-electron chi connectivity index (χ1n) is 6.49. The predicted molar refractivity (Wildman–Crippen MR) is 84.8 cm³/mol. The van der Waals surface area contributed by atoms with Crippen molar-refractivity contribution in [3.8, 4) is 0 Å². The van der Waals surface area contributed by atoms with Gasteiger partial charge in [-0.3, -0.25) is 0 Å². The van der Waals surface area contributed by atoms with Crippen molar-refractivity contribution in [2.75, 3.05) is 18.8 Å². The number of alkyl carbamates (subject to hydrolysis) is 1. The van der Waals surface area contributed by atoms with Crippen LogP contribution in [0.3, 0.4) is 0 Å². The van der Waals surface area contributed by atoms with E-state index in [1.54, 1.807) is 20.8 Å². The monoisotopic (exact) mass is 313 g/mol. The Morgan fingerprint density at radius 3 is 2.57 bits per heavy atom. The third-order valence-corrected chi connectivity index (χ3v) is 2.68. The molecule has 1 amide bonds. The second kappa shape index (κ2) is 7.21. The number of carbonyl (C=O) groups excluding carboxylic acids is 1. The van der Waals surface area contributed by atoms with Crippen molar-refractivity contribution in [2.45, 2.75) is 26.4 Å². The van der Waals surface area contributed by atoms with Crippen LogP contribution >= 0.6 is 12.2 Å². The minimum absolute atomic E-state index is 0.238. The lowest BCUT2D eigenvalue weighted by Crippen LogP contribution is -2.37. The van der Waals surface area contributed by atoms with Crippen LogP contribution in [-0.4, -0.2) is 29.8 Å². The number of nitrogen functional groups attached to an aromatic ring is 1. The Morgan fingerprint density at radius 1 is 1.33 bits per heavy atom. The number of benzene rings is 1. The molecule has 0 heterocycles. The van der Waals surface area contributed by atoms with Gasteiger partial charge in [0.15, 0.2) is 0 Å². The van der Waals surface area contributed by atoms with Crippen LogP contribution in [0, 0.1) is 5.82 Å². The Bertz CT molecular complexity index is 529. The zero-order chi connectivity index (χ0) is 16.0. The second-order valence-corrected chi connectivity index (χ2v) is 5.83. The summed E-state index contributed by atoms with van der Waals surface area (Å²) >= 11 is 5.08. The Labute approximate surface area is 129 Å². The number of carbonyl (C=O) groups is 1. The van der Waals surface area contributed by atoms with Crippen LogP contribution in [0.4, 0.5) is 14.9 Å². The summed E-state index contributed by atoms with van der Waals surface area (Å²) < 4.78 is 18.6. The van der Waals surface area contributed by atoms with Crippen molar-refractivity contribution in [1.82, 2.24) is 10.6 Å². The molecule has 0 saturated carbocycles. The zero-order valence-electron chi connectivity index (χ0n) is 12.3. The highest BCUT2D eigenvalue weighted by atomic mass is 32.1. The van der Waals surface area contributed by atoms with Crippen LogP contribution in [0.25, 0.3) is 0 Å². The lowest BCUT2D eigenvalue weighted by molar-refractivity contribution is 0.0529. The number of nitrogens with one attached hydrogen (secondary N) is 2. The number of hydrogen-bond acceptors (Lipinski definition) is 4. The summed E-state index contributed by atoms with van der Waals surface area (Å²) in [6, 6.07) is 4.19. The van der Waals surface area contributed by atoms with Crippen LogP contribution in [0.5, 0.6) is 0 Å². The minimum Gasteiger partial charge on any atom is -0.444 e. The molecule has 21 heavy (non-hydrogen) atoms. The Balaban J connectivity index is 2.38. The van der Waals surface area contributed by atoms with Crippen LogP contribution in [-0.2, 0) is 4.74 Å².